The average molecular weight is 324 g/mol. The predicted octanol–water partition coefficient (Wildman–Crippen LogP) is 2.04. The summed E-state index contributed by atoms with van der Waals surface area (Å²) in [6, 6.07) is 3.68. The first-order chi connectivity index (χ1) is 10.7. The number of pyridine rings is 1. The van der Waals surface area contributed by atoms with Gasteiger partial charge < -0.3 is 15.4 Å². The van der Waals surface area contributed by atoms with Gasteiger partial charge in [0.15, 0.2) is 0 Å². The molecule has 2 N–H and O–H groups in total. The molecule has 1 atom stereocenters. The topological polar surface area (TPSA) is 66.5 Å². The minimum absolute atomic E-state index is 0.0842. The molecule has 0 aliphatic carbocycles. The maximum atomic E-state index is 12.0. The molecule has 1 aliphatic rings. The lowest BCUT2D eigenvalue weighted by Crippen LogP contribution is -2.47. The number of ether oxygens (including phenoxy) is 1. The summed E-state index contributed by atoms with van der Waals surface area (Å²) in [6.45, 7) is 8.32. The van der Waals surface area contributed by atoms with E-state index in [1.54, 1.807) is 18.0 Å². The summed E-state index contributed by atoms with van der Waals surface area (Å²) < 4.78 is 5.32. The number of morpholine rings is 1. The van der Waals surface area contributed by atoms with E-state index < -0.39 is 0 Å². The molecule has 1 fully saturated rings. The molecule has 1 saturated heterocycles. The third-order valence-electron chi connectivity index (χ3n) is 3.30. The fraction of sp³-hybridized carbons (Fsp3) is 0.600. The zero-order chi connectivity index (χ0) is 15.8. The SMILES string of the molecule is CCSc1ccc(NC(=O)N[C@H](C)CN2CCOCC2)cn1. The number of hydrogen-bond donors (Lipinski definition) is 2. The number of aromatic nitrogens is 1. The van der Waals surface area contributed by atoms with Crippen LogP contribution in [-0.2, 0) is 4.74 Å². The Morgan fingerprint density at radius 3 is 2.86 bits per heavy atom. The van der Waals surface area contributed by atoms with Crippen molar-refractivity contribution in [3.05, 3.63) is 18.3 Å². The highest BCUT2D eigenvalue weighted by atomic mass is 32.2. The molecular formula is C15H24N4O2S. The monoisotopic (exact) mass is 324 g/mol. The summed E-state index contributed by atoms with van der Waals surface area (Å²) in [6.07, 6.45) is 1.68. The van der Waals surface area contributed by atoms with Crippen LogP contribution in [0.4, 0.5) is 10.5 Å². The predicted molar refractivity (Wildman–Crippen MR) is 89.5 cm³/mol. The van der Waals surface area contributed by atoms with E-state index in [1.165, 1.54) is 0 Å². The van der Waals surface area contributed by atoms with E-state index in [9.17, 15) is 4.79 Å². The summed E-state index contributed by atoms with van der Waals surface area (Å²) in [4.78, 5) is 18.6. The van der Waals surface area contributed by atoms with Crippen LogP contribution >= 0.6 is 11.8 Å². The van der Waals surface area contributed by atoms with Crippen molar-refractivity contribution >= 4 is 23.5 Å². The Morgan fingerprint density at radius 1 is 1.45 bits per heavy atom. The van der Waals surface area contributed by atoms with Gasteiger partial charge in [-0.15, -0.1) is 11.8 Å². The number of carbonyl (C=O) groups excluding carboxylic acids is 1. The number of thioether (sulfide) groups is 1. The zero-order valence-electron chi connectivity index (χ0n) is 13.2. The van der Waals surface area contributed by atoms with Gasteiger partial charge in [-0.2, -0.15) is 0 Å². The van der Waals surface area contributed by atoms with E-state index in [0.29, 0.717) is 5.69 Å². The average Bonchev–Trinajstić information content (AvgIpc) is 2.50. The van der Waals surface area contributed by atoms with Crippen LogP contribution in [0.1, 0.15) is 13.8 Å². The molecule has 0 spiro atoms. The Kier molecular flexibility index (Phi) is 6.95. The summed E-state index contributed by atoms with van der Waals surface area (Å²) in [7, 11) is 0. The molecule has 7 heteroatoms. The van der Waals surface area contributed by atoms with Crippen LogP contribution < -0.4 is 10.6 Å². The van der Waals surface area contributed by atoms with E-state index in [0.717, 1.165) is 43.6 Å². The van der Waals surface area contributed by atoms with Crippen molar-refractivity contribution in [1.82, 2.24) is 15.2 Å². The number of amides is 2. The first-order valence-electron chi connectivity index (χ1n) is 7.64. The second kappa shape index (κ2) is 8.97. The number of urea groups is 1. The molecule has 1 aromatic heterocycles. The van der Waals surface area contributed by atoms with Gasteiger partial charge in [-0.25, -0.2) is 9.78 Å². The summed E-state index contributed by atoms with van der Waals surface area (Å²) >= 11 is 1.68. The van der Waals surface area contributed by atoms with Crippen LogP contribution in [0.5, 0.6) is 0 Å². The summed E-state index contributed by atoms with van der Waals surface area (Å²) in [5.74, 6) is 0.985. The largest absolute Gasteiger partial charge is 0.379 e. The second-order valence-electron chi connectivity index (χ2n) is 5.23. The van der Waals surface area contributed by atoms with Gasteiger partial charge in [-0.1, -0.05) is 6.92 Å². The summed E-state index contributed by atoms with van der Waals surface area (Å²) in [5, 5.41) is 6.73. The highest BCUT2D eigenvalue weighted by Crippen LogP contribution is 2.16. The standard InChI is InChI=1S/C15H24N4O2S/c1-3-22-14-5-4-13(10-16-14)18-15(20)17-12(2)11-19-6-8-21-9-7-19/h4-5,10,12H,3,6-9,11H2,1-2H3,(H2,17,18,20)/t12-/m1/s1. The van der Waals surface area contributed by atoms with Crippen LogP contribution in [0.15, 0.2) is 23.4 Å². The third kappa shape index (κ3) is 5.82. The lowest BCUT2D eigenvalue weighted by atomic mass is 10.3. The van der Waals surface area contributed by atoms with Crippen molar-refractivity contribution in [3.63, 3.8) is 0 Å². The van der Waals surface area contributed by atoms with Crippen molar-refractivity contribution in [2.45, 2.75) is 24.9 Å². The van der Waals surface area contributed by atoms with Crippen LogP contribution in [-0.4, -0.2) is 60.6 Å². The first kappa shape index (κ1) is 17.1. The summed E-state index contributed by atoms with van der Waals surface area (Å²) in [5.41, 5.74) is 0.705. The molecule has 1 aliphatic heterocycles. The van der Waals surface area contributed by atoms with Gasteiger partial charge in [-0.3, -0.25) is 4.90 Å². The normalized spacial score (nSPS) is 17.0. The second-order valence-corrected chi connectivity index (χ2v) is 6.51. The van der Waals surface area contributed by atoms with E-state index in [1.807, 2.05) is 19.1 Å². The third-order valence-corrected chi connectivity index (χ3v) is 4.13. The van der Waals surface area contributed by atoms with Crippen molar-refractivity contribution < 1.29 is 9.53 Å². The molecule has 2 rings (SSSR count). The van der Waals surface area contributed by atoms with E-state index >= 15 is 0 Å². The van der Waals surface area contributed by atoms with Gasteiger partial charge in [0.2, 0.25) is 0 Å². The molecule has 0 radical (unpaired) electrons. The molecule has 1 aromatic rings. The number of carbonyl (C=O) groups is 1. The quantitative estimate of drug-likeness (QED) is 0.784. The van der Waals surface area contributed by atoms with Crippen LogP contribution in [0, 0.1) is 0 Å². The van der Waals surface area contributed by atoms with Gasteiger partial charge in [0.25, 0.3) is 0 Å². The minimum Gasteiger partial charge on any atom is -0.379 e. The van der Waals surface area contributed by atoms with Crippen molar-refractivity contribution in [3.8, 4) is 0 Å². The Balaban J connectivity index is 1.74. The van der Waals surface area contributed by atoms with Crippen LogP contribution in [0.3, 0.4) is 0 Å². The lowest BCUT2D eigenvalue weighted by Gasteiger charge is -2.29. The maximum Gasteiger partial charge on any atom is 0.319 e. The molecule has 2 amide bonds. The van der Waals surface area contributed by atoms with E-state index in [4.69, 9.17) is 4.74 Å². The number of hydrogen-bond acceptors (Lipinski definition) is 5. The number of anilines is 1. The Morgan fingerprint density at radius 2 is 2.23 bits per heavy atom. The Labute approximate surface area is 136 Å². The molecule has 22 heavy (non-hydrogen) atoms. The number of rotatable bonds is 6. The first-order valence-corrected chi connectivity index (χ1v) is 8.62. The molecule has 122 valence electrons. The van der Waals surface area contributed by atoms with Gasteiger partial charge in [0.05, 0.1) is 30.1 Å². The Bertz CT molecular complexity index is 463. The van der Waals surface area contributed by atoms with Gasteiger partial charge in [0.1, 0.15) is 0 Å². The number of nitrogens with zero attached hydrogens (tertiary/aromatic N) is 2. The molecule has 2 heterocycles. The molecule has 0 unspecified atom stereocenters. The van der Waals surface area contributed by atoms with Crippen molar-refractivity contribution in [2.24, 2.45) is 0 Å². The molecule has 6 nitrogen and oxygen atoms in total. The van der Waals surface area contributed by atoms with E-state index in [-0.39, 0.29) is 12.1 Å². The molecule has 0 aromatic carbocycles. The number of nitrogens with one attached hydrogen (secondary N) is 2. The molecule has 0 bridgehead atoms. The maximum absolute atomic E-state index is 12.0. The van der Waals surface area contributed by atoms with Crippen LogP contribution in [0.2, 0.25) is 0 Å². The van der Waals surface area contributed by atoms with Crippen molar-refractivity contribution in [2.75, 3.05) is 43.9 Å². The van der Waals surface area contributed by atoms with Crippen molar-refractivity contribution in [1.29, 1.82) is 0 Å². The smallest absolute Gasteiger partial charge is 0.319 e. The lowest BCUT2D eigenvalue weighted by molar-refractivity contribution is 0.0350. The minimum atomic E-state index is -0.196. The van der Waals surface area contributed by atoms with E-state index in [2.05, 4.69) is 27.4 Å². The fourth-order valence-corrected chi connectivity index (χ4v) is 2.88. The fourth-order valence-electron chi connectivity index (χ4n) is 2.30. The Hall–Kier alpha value is -1.31. The van der Waals surface area contributed by atoms with Gasteiger partial charge >= 0.3 is 6.03 Å². The van der Waals surface area contributed by atoms with Gasteiger partial charge in [-0.05, 0) is 24.8 Å². The van der Waals surface area contributed by atoms with Crippen LogP contribution in [0.25, 0.3) is 0 Å². The molecule has 0 saturated carbocycles. The highest BCUT2D eigenvalue weighted by molar-refractivity contribution is 7.99. The zero-order valence-corrected chi connectivity index (χ0v) is 14.0. The van der Waals surface area contributed by atoms with Gasteiger partial charge in [0, 0.05) is 25.7 Å². The highest BCUT2D eigenvalue weighted by Gasteiger charge is 2.15. The molecular weight excluding hydrogens is 300 g/mol.